The van der Waals surface area contributed by atoms with Crippen LogP contribution < -0.4 is 0 Å². The van der Waals surface area contributed by atoms with E-state index >= 15 is 0 Å². The van der Waals surface area contributed by atoms with Gasteiger partial charge < -0.3 is 9.63 Å². The van der Waals surface area contributed by atoms with Gasteiger partial charge in [-0.25, -0.2) is 4.79 Å². The summed E-state index contributed by atoms with van der Waals surface area (Å²) in [5.41, 5.74) is 3.27. The summed E-state index contributed by atoms with van der Waals surface area (Å²) in [4.78, 5) is 18.0. The number of hydrogen-bond acceptors (Lipinski definition) is 5. The van der Waals surface area contributed by atoms with Crippen LogP contribution in [0, 0.1) is 0 Å². The molecule has 1 saturated carbocycles. The van der Waals surface area contributed by atoms with Gasteiger partial charge in [0.1, 0.15) is 0 Å². The van der Waals surface area contributed by atoms with Crippen LogP contribution >= 0.6 is 0 Å². The third-order valence-electron chi connectivity index (χ3n) is 5.52. The predicted molar refractivity (Wildman–Crippen MR) is 91.5 cm³/mol. The summed E-state index contributed by atoms with van der Waals surface area (Å²) in [6.45, 7) is 2.87. The number of rotatable bonds is 5. The number of pyridine rings is 1. The summed E-state index contributed by atoms with van der Waals surface area (Å²) in [7, 11) is 0. The second kappa shape index (κ2) is 6.96. The second-order valence-electron chi connectivity index (χ2n) is 7.19. The summed E-state index contributed by atoms with van der Waals surface area (Å²) < 4.78 is 4.87. The summed E-state index contributed by atoms with van der Waals surface area (Å²) in [5.74, 6) is -0.167. The number of hydrogen-bond donors (Lipinski definition) is 1. The Morgan fingerprint density at radius 3 is 2.48 bits per heavy atom. The second-order valence-corrected chi connectivity index (χ2v) is 7.19. The normalized spacial score (nSPS) is 19.7. The number of nitrogens with zero attached hydrogens (tertiary/aromatic N) is 3. The van der Waals surface area contributed by atoms with Gasteiger partial charge in [0.15, 0.2) is 0 Å². The molecule has 3 heterocycles. The Labute approximate surface area is 146 Å². The summed E-state index contributed by atoms with van der Waals surface area (Å²) in [6.07, 6.45) is 7.87. The van der Waals surface area contributed by atoms with E-state index in [-0.39, 0.29) is 11.7 Å². The van der Waals surface area contributed by atoms with Gasteiger partial charge in [0.05, 0.1) is 5.69 Å². The Bertz CT molecular complexity index is 729. The van der Waals surface area contributed by atoms with Gasteiger partial charge in [-0.3, -0.25) is 9.88 Å². The highest BCUT2D eigenvalue weighted by atomic mass is 16.5. The van der Waals surface area contributed by atoms with Gasteiger partial charge in [0, 0.05) is 36.3 Å². The fraction of sp³-hybridized carbons (Fsp3) is 0.526. The maximum absolute atomic E-state index is 10.9. The van der Waals surface area contributed by atoms with E-state index in [0.29, 0.717) is 5.92 Å². The minimum atomic E-state index is -1.06. The molecular weight excluding hydrogens is 318 g/mol. The molecule has 2 aromatic rings. The van der Waals surface area contributed by atoms with Crippen molar-refractivity contribution in [3.8, 4) is 0 Å². The van der Waals surface area contributed by atoms with Crippen LogP contribution in [-0.2, 0) is 6.54 Å². The molecule has 0 bridgehead atoms. The van der Waals surface area contributed by atoms with Gasteiger partial charge in [-0.1, -0.05) is 17.6 Å². The van der Waals surface area contributed by atoms with Gasteiger partial charge in [-0.2, -0.15) is 0 Å². The lowest BCUT2D eigenvalue weighted by molar-refractivity contribution is 0.0651. The Hall–Kier alpha value is -2.21. The lowest BCUT2D eigenvalue weighted by Crippen LogP contribution is -2.32. The molecule has 0 radical (unpaired) electrons. The lowest BCUT2D eigenvalue weighted by Gasteiger charge is -2.31. The van der Waals surface area contributed by atoms with E-state index in [2.05, 4.69) is 27.2 Å². The molecule has 0 atom stereocenters. The van der Waals surface area contributed by atoms with Crippen molar-refractivity contribution in [1.29, 1.82) is 0 Å². The van der Waals surface area contributed by atoms with Crippen LogP contribution in [0.1, 0.15) is 71.4 Å². The van der Waals surface area contributed by atoms with Crippen molar-refractivity contribution < 1.29 is 14.4 Å². The number of carboxylic acid groups (broad SMARTS) is 1. The van der Waals surface area contributed by atoms with Crippen LogP contribution in [-0.4, -0.2) is 39.2 Å². The summed E-state index contributed by atoms with van der Waals surface area (Å²) >= 11 is 0. The molecule has 2 aromatic heterocycles. The largest absolute Gasteiger partial charge is 0.475 e. The van der Waals surface area contributed by atoms with Crippen LogP contribution in [0.3, 0.4) is 0 Å². The summed E-state index contributed by atoms with van der Waals surface area (Å²) in [6, 6.07) is 5.96. The van der Waals surface area contributed by atoms with Gasteiger partial charge in [-0.05, 0) is 50.4 Å². The van der Waals surface area contributed by atoms with E-state index < -0.39 is 5.97 Å². The molecule has 1 saturated heterocycles. The minimum absolute atomic E-state index is 0.0740. The maximum atomic E-state index is 10.9. The molecule has 1 aliphatic heterocycles. The van der Waals surface area contributed by atoms with Crippen molar-refractivity contribution >= 4 is 5.97 Å². The maximum Gasteiger partial charge on any atom is 0.374 e. The Balaban J connectivity index is 1.30. The van der Waals surface area contributed by atoms with Crippen LogP contribution in [0.25, 0.3) is 0 Å². The Morgan fingerprint density at radius 2 is 1.92 bits per heavy atom. The molecule has 0 aromatic carbocycles. The molecule has 2 aliphatic rings. The lowest BCUT2D eigenvalue weighted by atomic mass is 9.82. The first kappa shape index (κ1) is 16.3. The number of likely N-dealkylation sites (tertiary alicyclic amines) is 1. The minimum Gasteiger partial charge on any atom is -0.475 e. The predicted octanol–water partition coefficient (Wildman–Crippen LogP) is 3.41. The molecule has 0 amide bonds. The number of carboxylic acids is 1. The zero-order valence-corrected chi connectivity index (χ0v) is 14.2. The molecule has 1 aliphatic carbocycles. The molecule has 4 rings (SSSR count). The topological polar surface area (TPSA) is 79.5 Å². The van der Waals surface area contributed by atoms with E-state index in [0.717, 1.165) is 38.2 Å². The molecule has 6 nitrogen and oxygen atoms in total. The number of piperidine rings is 1. The highest BCUT2D eigenvalue weighted by Gasteiger charge is 2.25. The van der Waals surface area contributed by atoms with Crippen LogP contribution in [0.5, 0.6) is 0 Å². The van der Waals surface area contributed by atoms with E-state index in [9.17, 15) is 4.79 Å². The highest BCUT2D eigenvalue weighted by molar-refractivity contribution is 5.84. The van der Waals surface area contributed by atoms with E-state index in [4.69, 9.17) is 9.63 Å². The smallest absolute Gasteiger partial charge is 0.374 e. The Morgan fingerprint density at radius 1 is 1.16 bits per heavy atom. The first-order valence-corrected chi connectivity index (χ1v) is 9.06. The molecule has 25 heavy (non-hydrogen) atoms. The average Bonchev–Trinajstić information content (AvgIpc) is 3.06. The van der Waals surface area contributed by atoms with E-state index in [1.807, 2.05) is 6.20 Å². The van der Waals surface area contributed by atoms with E-state index in [1.165, 1.54) is 30.5 Å². The van der Waals surface area contributed by atoms with Crippen molar-refractivity contribution in [3.05, 3.63) is 47.1 Å². The van der Waals surface area contributed by atoms with Crippen LogP contribution in [0.15, 0.2) is 28.9 Å². The van der Waals surface area contributed by atoms with Crippen molar-refractivity contribution in [2.24, 2.45) is 0 Å². The highest BCUT2D eigenvalue weighted by Crippen LogP contribution is 2.35. The molecule has 132 valence electrons. The van der Waals surface area contributed by atoms with Gasteiger partial charge in [-0.15, -0.1) is 0 Å². The standard InChI is InChI=1S/C19H23N3O3/c23-19(24)18-10-17(21-25-18)15-6-8-22(9-7-15)12-13-4-5-16(20-11-13)14-2-1-3-14/h4-5,10-11,14-15H,1-3,6-9,12H2,(H,23,24). The number of carbonyl (C=O) groups is 1. The van der Waals surface area contributed by atoms with Gasteiger partial charge >= 0.3 is 5.97 Å². The van der Waals surface area contributed by atoms with E-state index in [1.54, 1.807) is 6.07 Å². The third kappa shape index (κ3) is 3.58. The molecule has 6 heteroatoms. The number of aromatic nitrogens is 2. The zero-order valence-electron chi connectivity index (χ0n) is 14.2. The van der Waals surface area contributed by atoms with Crippen molar-refractivity contribution in [2.45, 2.75) is 50.5 Å². The summed E-state index contributed by atoms with van der Waals surface area (Å²) in [5, 5.41) is 12.9. The van der Waals surface area contributed by atoms with Gasteiger partial charge in [0.2, 0.25) is 5.76 Å². The fourth-order valence-corrected chi connectivity index (χ4v) is 3.70. The zero-order chi connectivity index (χ0) is 17.2. The van der Waals surface area contributed by atoms with Crippen LogP contribution in [0.4, 0.5) is 0 Å². The fourth-order valence-electron chi connectivity index (χ4n) is 3.70. The monoisotopic (exact) mass is 341 g/mol. The Kier molecular flexibility index (Phi) is 4.53. The molecule has 2 fully saturated rings. The first-order chi connectivity index (χ1) is 12.2. The van der Waals surface area contributed by atoms with Crippen molar-refractivity contribution in [2.75, 3.05) is 13.1 Å². The molecule has 0 unspecified atom stereocenters. The number of aromatic carboxylic acids is 1. The van der Waals surface area contributed by atoms with Crippen LogP contribution in [0.2, 0.25) is 0 Å². The first-order valence-electron chi connectivity index (χ1n) is 9.06. The molecular formula is C19H23N3O3. The third-order valence-corrected chi connectivity index (χ3v) is 5.52. The van der Waals surface area contributed by atoms with Crippen molar-refractivity contribution in [3.63, 3.8) is 0 Å². The molecule has 0 spiro atoms. The van der Waals surface area contributed by atoms with Gasteiger partial charge in [0.25, 0.3) is 0 Å². The average molecular weight is 341 g/mol. The molecule has 1 N–H and O–H groups in total. The SMILES string of the molecule is O=C(O)c1cc(C2CCN(Cc3ccc(C4CCC4)nc3)CC2)no1. The quantitative estimate of drug-likeness (QED) is 0.898. The van der Waals surface area contributed by atoms with Crippen molar-refractivity contribution in [1.82, 2.24) is 15.0 Å².